The molecule has 0 fully saturated rings. The summed E-state index contributed by atoms with van der Waals surface area (Å²) in [6.45, 7) is -0.577. The fraction of sp³-hybridized carbons (Fsp3) is 1.00. The van der Waals surface area contributed by atoms with Crippen LogP contribution in [0.3, 0.4) is 0 Å². The topological polar surface area (TPSA) is 133 Å². The van der Waals surface area contributed by atoms with Gasteiger partial charge in [-0.15, -0.1) is 0 Å². The zero-order valence-corrected chi connectivity index (χ0v) is 20.2. The van der Waals surface area contributed by atoms with Crippen LogP contribution in [0.5, 0.6) is 0 Å². The average molecular weight is 470 g/mol. The van der Waals surface area contributed by atoms with Crippen LogP contribution in [0.1, 0.15) is 90.9 Å². The highest BCUT2D eigenvalue weighted by Crippen LogP contribution is 2.26. The van der Waals surface area contributed by atoms with Crippen LogP contribution in [-0.2, 0) is 23.6 Å². The molecular weight excluding hydrogens is 428 g/mol. The molecule has 0 rings (SSSR count). The lowest BCUT2D eigenvalue weighted by atomic mass is 10.1. The molecule has 0 atom stereocenters. The van der Waals surface area contributed by atoms with Gasteiger partial charge in [0.25, 0.3) is 0 Å². The predicted octanol–water partition coefficient (Wildman–Crippen LogP) is 3.67. The van der Waals surface area contributed by atoms with E-state index in [0.29, 0.717) is 0 Å². The van der Waals surface area contributed by atoms with Crippen LogP contribution < -0.4 is 5.32 Å². The van der Waals surface area contributed by atoms with Crippen LogP contribution in [-0.4, -0.2) is 42.4 Å². The summed E-state index contributed by atoms with van der Waals surface area (Å²) < 4.78 is 0. The molecule has 0 amide bonds. The summed E-state index contributed by atoms with van der Waals surface area (Å²) in [6, 6.07) is 0. The Morgan fingerprint density at radius 2 is 0.741 bits per heavy atom. The van der Waals surface area contributed by atoms with E-state index in [1.807, 2.05) is 0 Å². The van der Waals surface area contributed by atoms with Crippen LogP contribution in [0.4, 0.5) is 0 Å². The Kier molecular flexibility index (Phi) is 28.2. The van der Waals surface area contributed by atoms with Crippen molar-refractivity contribution in [1.29, 1.82) is 0 Å². The second-order valence-corrected chi connectivity index (χ2v) is 11.3. The van der Waals surface area contributed by atoms with Gasteiger partial charge in [-0.25, -0.2) is 0 Å². The van der Waals surface area contributed by atoms with E-state index >= 15 is 0 Å². The second-order valence-electron chi connectivity index (χ2n) is 6.31. The number of rotatable bonds is 14. The van der Waals surface area contributed by atoms with Crippen molar-refractivity contribution < 1.29 is 29.4 Å². The third-order valence-electron chi connectivity index (χ3n) is 3.41. The molecule has 7 N–H and O–H groups in total. The molecule has 0 aliphatic heterocycles. The van der Waals surface area contributed by atoms with E-state index in [0.717, 1.165) is 0 Å². The van der Waals surface area contributed by atoms with E-state index in [-0.39, 0.29) is 0 Å². The van der Waals surface area contributed by atoms with E-state index in [1.54, 1.807) is 0 Å². The lowest BCUT2D eigenvalue weighted by molar-refractivity contribution is 0.361. The monoisotopic (exact) mass is 469 g/mol. The number of nitrogens with one attached hydrogen (secondary N) is 1. The maximum Gasteiger partial charge on any atom is 0.319 e. The fourth-order valence-corrected chi connectivity index (χ4v) is 2.19. The Bertz CT molecular complexity index is 329. The van der Waals surface area contributed by atoms with Gasteiger partial charge in [-0.3, -0.25) is 0 Å². The van der Waals surface area contributed by atoms with Crippen LogP contribution in [0, 0.1) is 0 Å². The van der Waals surface area contributed by atoms with Gasteiger partial charge in [-0.2, -0.15) is 0 Å². The van der Waals surface area contributed by atoms with Crippen molar-refractivity contribution in [3.05, 3.63) is 0 Å². The standard InChI is InChI=1S/C16H35N.2H3O3PS/c1-3-5-7-9-11-13-15-17-16-14-12-10-8-6-4-2;2*1-4(2,3)5/h17H,3-16H2,1-2H3;2*(H3,1,2,3,5). The first kappa shape index (κ1) is 32.7. The molecule has 11 heteroatoms. The predicted molar refractivity (Wildman–Crippen MR) is 122 cm³/mol. The molecule has 0 spiro atoms. The van der Waals surface area contributed by atoms with Crippen molar-refractivity contribution >= 4 is 37.1 Å². The van der Waals surface area contributed by atoms with Gasteiger partial charge in [0.2, 0.25) is 0 Å². The van der Waals surface area contributed by atoms with Gasteiger partial charge < -0.3 is 34.7 Å². The van der Waals surface area contributed by atoms with Crippen molar-refractivity contribution in [3.63, 3.8) is 0 Å². The summed E-state index contributed by atoms with van der Waals surface area (Å²) >= 11 is 7.21. The number of hydrogen-bond acceptors (Lipinski definition) is 3. The minimum Gasteiger partial charge on any atom is -0.325 e. The molecule has 0 bridgehead atoms. The summed E-state index contributed by atoms with van der Waals surface area (Å²) in [5.74, 6) is 0. The summed E-state index contributed by atoms with van der Waals surface area (Å²) in [5, 5.41) is 3.57. The summed E-state index contributed by atoms with van der Waals surface area (Å²) in [7, 11) is 0. The quantitative estimate of drug-likeness (QED) is 0.150. The van der Waals surface area contributed by atoms with E-state index in [1.165, 1.54) is 90.1 Å². The fourth-order valence-electron chi connectivity index (χ4n) is 2.19. The Morgan fingerprint density at radius 3 is 1.00 bits per heavy atom. The molecular formula is C16H41NO6P2S2. The van der Waals surface area contributed by atoms with Gasteiger partial charge in [0.15, 0.2) is 0 Å². The van der Waals surface area contributed by atoms with Gasteiger partial charge >= 0.3 is 13.4 Å². The van der Waals surface area contributed by atoms with Gasteiger partial charge in [0.05, 0.1) is 0 Å². The third-order valence-corrected chi connectivity index (χ3v) is 3.41. The molecule has 0 aromatic rings. The summed E-state index contributed by atoms with van der Waals surface area (Å²) in [6.07, 6.45) is 16.9. The first-order valence-corrected chi connectivity index (χ1v) is 15.0. The molecule has 0 saturated carbocycles. The molecule has 7 nitrogen and oxygen atoms in total. The third kappa shape index (κ3) is 75.0. The molecule has 0 radical (unpaired) electrons. The molecule has 0 unspecified atom stereocenters. The Morgan fingerprint density at radius 1 is 0.519 bits per heavy atom. The Labute approximate surface area is 175 Å². The first-order chi connectivity index (χ1) is 12.4. The normalized spacial score (nSPS) is 11.3. The number of unbranched alkanes of at least 4 members (excludes halogenated alkanes) is 10. The van der Waals surface area contributed by atoms with Gasteiger partial charge in [0, 0.05) is 0 Å². The largest absolute Gasteiger partial charge is 0.325 e. The first-order valence-electron chi connectivity index (χ1n) is 9.69. The molecule has 27 heavy (non-hydrogen) atoms. The van der Waals surface area contributed by atoms with Gasteiger partial charge in [-0.05, 0) is 49.5 Å². The van der Waals surface area contributed by atoms with Gasteiger partial charge in [-0.1, -0.05) is 78.1 Å². The highest BCUT2D eigenvalue weighted by Gasteiger charge is 1.93. The van der Waals surface area contributed by atoms with Crippen molar-refractivity contribution in [1.82, 2.24) is 5.32 Å². The van der Waals surface area contributed by atoms with E-state index in [4.69, 9.17) is 29.4 Å². The number of hydrogen-bond donors (Lipinski definition) is 7. The zero-order valence-electron chi connectivity index (χ0n) is 16.8. The summed E-state index contributed by atoms with van der Waals surface area (Å²) in [4.78, 5) is 45.3. The highest BCUT2D eigenvalue weighted by atomic mass is 32.5. The molecule has 0 aliphatic carbocycles. The second kappa shape index (κ2) is 23.3. The summed E-state index contributed by atoms with van der Waals surface area (Å²) in [5.41, 5.74) is 0. The molecule has 0 saturated heterocycles. The van der Waals surface area contributed by atoms with Crippen molar-refractivity contribution in [2.24, 2.45) is 0 Å². The van der Waals surface area contributed by atoms with E-state index in [9.17, 15) is 0 Å². The van der Waals surface area contributed by atoms with Crippen molar-refractivity contribution in [3.8, 4) is 0 Å². The molecule has 168 valence electrons. The molecule has 0 aromatic heterocycles. The molecule has 0 aromatic carbocycles. The van der Waals surface area contributed by atoms with Crippen molar-refractivity contribution in [2.45, 2.75) is 90.9 Å². The van der Waals surface area contributed by atoms with Gasteiger partial charge in [0.1, 0.15) is 0 Å². The van der Waals surface area contributed by atoms with Crippen LogP contribution in [0.15, 0.2) is 0 Å². The van der Waals surface area contributed by atoms with E-state index < -0.39 is 13.4 Å². The van der Waals surface area contributed by atoms with E-state index in [2.05, 4.69) is 42.8 Å². The molecule has 0 heterocycles. The Balaban J connectivity index is -0.000000471. The lowest BCUT2D eigenvalue weighted by Crippen LogP contribution is -2.16. The molecule has 0 aliphatic rings. The zero-order chi connectivity index (χ0) is 21.6. The minimum atomic E-state index is -3.81. The van der Waals surface area contributed by atoms with Crippen LogP contribution >= 0.6 is 13.4 Å². The lowest BCUT2D eigenvalue weighted by Gasteiger charge is -2.04. The maximum atomic E-state index is 7.56. The van der Waals surface area contributed by atoms with Crippen LogP contribution in [0.2, 0.25) is 0 Å². The SMILES string of the molecule is CCCCCCCCNCCCCCCCC.OP(O)(O)=S.OP(O)(O)=S. The van der Waals surface area contributed by atoms with Crippen LogP contribution in [0.25, 0.3) is 0 Å². The van der Waals surface area contributed by atoms with Crippen molar-refractivity contribution in [2.75, 3.05) is 13.1 Å². The smallest absolute Gasteiger partial charge is 0.319 e. The Hall–Kier alpha value is 1.02. The highest BCUT2D eigenvalue weighted by molar-refractivity contribution is 8.06. The average Bonchev–Trinajstić information content (AvgIpc) is 2.49. The minimum absolute atomic E-state index is 1.24. The maximum absolute atomic E-state index is 7.56.